The molecule has 4 atom stereocenters. The standard InChI is InChI=1S/C20H22O8/c21-19(22)16-15(12-25-17(28-16)14-9-5-2-6-10-14)27-18(20(19,23)24)26-11-13-7-3-1-4-8-13/h1-10,15-18,21-24H,11-12H2/t15-,16+,17?,18-/m1/s1. The van der Waals surface area contributed by atoms with Crippen molar-refractivity contribution < 1.29 is 39.4 Å². The summed E-state index contributed by atoms with van der Waals surface area (Å²) in [6.45, 7) is -0.0649. The van der Waals surface area contributed by atoms with E-state index in [-0.39, 0.29) is 13.2 Å². The second-order valence-electron chi connectivity index (χ2n) is 6.89. The highest BCUT2D eigenvalue weighted by atomic mass is 16.8. The van der Waals surface area contributed by atoms with Crippen LogP contribution >= 0.6 is 0 Å². The number of hydrogen-bond acceptors (Lipinski definition) is 8. The van der Waals surface area contributed by atoms with Crippen molar-refractivity contribution >= 4 is 0 Å². The Morgan fingerprint density at radius 3 is 2.18 bits per heavy atom. The molecule has 0 spiro atoms. The summed E-state index contributed by atoms with van der Waals surface area (Å²) in [6, 6.07) is 17.9. The Balaban J connectivity index is 1.51. The molecular weight excluding hydrogens is 368 g/mol. The van der Waals surface area contributed by atoms with Crippen LogP contribution in [0.5, 0.6) is 0 Å². The molecule has 0 saturated carbocycles. The van der Waals surface area contributed by atoms with Gasteiger partial charge in [0.25, 0.3) is 11.6 Å². The van der Waals surface area contributed by atoms with Crippen LogP contribution in [0.25, 0.3) is 0 Å². The summed E-state index contributed by atoms with van der Waals surface area (Å²) in [6.07, 6.45) is -5.05. The molecule has 2 aromatic carbocycles. The van der Waals surface area contributed by atoms with E-state index in [1.807, 2.05) is 12.1 Å². The summed E-state index contributed by atoms with van der Waals surface area (Å²) < 4.78 is 22.2. The van der Waals surface area contributed by atoms with Crippen LogP contribution in [0.2, 0.25) is 0 Å². The highest BCUT2D eigenvalue weighted by molar-refractivity contribution is 5.17. The quantitative estimate of drug-likeness (QED) is 0.555. The topological polar surface area (TPSA) is 118 Å². The summed E-state index contributed by atoms with van der Waals surface area (Å²) in [5.74, 6) is -6.17. The van der Waals surface area contributed by atoms with Gasteiger partial charge in [-0.25, -0.2) is 0 Å². The Morgan fingerprint density at radius 1 is 0.857 bits per heavy atom. The first-order valence-corrected chi connectivity index (χ1v) is 8.92. The van der Waals surface area contributed by atoms with Gasteiger partial charge in [0, 0.05) is 5.56 Å². The van der Waals surface area contributed by atoms with Crippen molar-refractivity contribution in [2.75, 3.05) is 6.61 Å². The Hall–Kier alpha value is -1.88. The van der Waals surface area contributed by atoms with E-state index in [1.165, 1.54) is 0 Å². The van der Waals surface area contributed by atoms with Crippen LogP contribution in [0.4, 0.5) is 0 Å². The fraction of sp³-hybridized carbons (Fsp3) is 0.400. The summed E-state index contributed by atoms with van der Waals surface area (Å²) in [4.78, 5) is 0. The number of benzene rings is 2. The molecule has 8 heteroatoms. The second kappa shape index (κ2) is 7.51. The van der Waals surface area contributed by atoms with Crippen molar-refractivity contribution in [1.29, 1.82) is 0 Å². The maximum atomic E-state index is 10.5. The summed E-state index contributed by atoms with van der Waals surface area (Å²) in [5, 5.41) is 41.9. The van der Waals surface area contributed by atoms with Gasteiger partial charge in [0.05, 0.1) is 13.2 Å². The Morgan fingerprint density at radius 2 is 1.50 bits per heavy atom. The van der Waals surface area contributed by atoms with E-state index in [1.54, 1.807) is 48.5 Å². The zero-order valence-corrected chi connectivity index (χ0v) is 14.9. The molecule has 0 aromatic heterocycles. The molecule has 4 rings (SSSR count). The zero-order chi connectivity index (χ0) is 19.8. The average molecular weight is 390 g/mol. The van der Waals surface area contributed by atoms with Crippen molar-refractivity contribution in [3.63, 3.8) is 0 Å². The van der Waals surface area contributed by atoms with Crippen LogP contribution in [0.15, 0.2) is 60.7 Å². The van der Waals surface area contributed by atoms with Gasteiger partial charge in [-0.2, -0.15) is 0 Å². The Bertz CT molecular complexity index is 779. The predicted molar refractivity (Wildman–Crippen MR) is 94.2 cm³/mol. The first kappa shape index (κ1) is 19.4. The van der Waals surface area contributed by atoms with Crippen molar-refractivity contribution in [3.8, 4) is 0 Å². The van der Waals surface area contributed by atoms with Crippen LogP contribution in [0, 0.1) is 0 Å². The highest BCUT2D eigenvalue weighted by Gasteiger charge is 2.67. The first-order valence-electron chi connectivity index (χ1n) is 8.92. The number of hydrogen-bond donors (Lipinski definition) is 4. The lowest BCUT2D eigenvalue weighted by atomic mass is 9.91. The smallest absolute Gasteiger partial charge is 0.274 e. The van der Waals surface area contributed by atoms with Gasteiger partial charge in [0.2, 0.25) is 6.29 Å². The molecule has 150 valence electrons. The molecule has 2 aromatic rings. The molecule has 1 unspecified atom stereocenters. The van der Waals surface area contributed by atoms with Crippen LogP contribution in [0.1, 0.15) is 17.4 Å². The molecule has 0 aliphatic carbocycles. The third kappa shape index (κ3) is 3.45. The molecular formula is C20H22O8. The Labute approximate surface area is 161 Å². The van der Waals surface area contributed by atoms with E-state index >= 15 is 0 Å². The minimum atomic E-state index is -3.12. The van der Waals surface area contributed by atoms with E-state index in [0.717, 1.165) is 5.56 Å². The van der Waals surface area contributed by atoms with Crippen LogP contribution in [0.3, 0.4) is 0 Å². The van der Waals surface area contributed by atoms with E-state index in [4.69, 9.17) is 18.9 Å². The van der Waals surface area contributed by atoms with Crippen molar-refractivity contribution in [2.24, 2.45) is 0 Å². The predicted octanol–water partition coefficient (Wildman–Crippen LogP) is 0.404. The van der Waals surface area contributed by atoms with Gasteiger partial charge in [-0.05, 0) is 5.56 Å². The molecule has 2 aliphatic rings. The fourth-order valence-electron chi connectivity index (χ4n) is 3.32. The van der Waals surface area contributed by atoms with E-state index in [0.29, 0.717) is 5.56 Å². The summed E-state index contributed by atoms with van der Waals surface area (Å²) in [7, 11) is 0. The zero-order valence-electron chi connectivity index (χ0n) is 14.9. The van der Waals surface area contributed by atoms with E-state index in [9.17, 15) is 20.4 Å². The lowest BCUT2D eigenvalue weighted by Crippen LogP contribution is -2.76. The van der Waals surface area contributed by atoms with Gasteiger partial charge < -0.3 is 39.4 Å². The molecule has 0 amide bonds. The minimum absolute atomic E-state index is 0.0177. The molecule has 0 bridgehead atoms. The summed E-state index contributed by atoms with van der Waals surface area (Å²) >= 11 is 0. The largest absolute Gasteiger partial charge is 0.359 e. The SMILES string of the molecule is OC1(O)[C@H](OCc2ccccc2)O[C@@H]2COC(c3ccccc3)O[C@@H]2C1(O)O. The van der Waals surface area contributed by atoms with Crippen LogP contribution in [-0.2, 0) is 25.6 Å². The molecule has 2 fully saturated rings. The number of rotatable bonds is 4. The van der Waals surface area contributed by atoms with Gasteiger partial charge in [0.15, 0.2) is 6.29 Å². The van der Waals surface area contributed by atoms with Gasteiger partial charge in [-0.3, -0.25) is 0 Å². The molecule has 2 saturated heterocycles. The molecule has 4 N–H and O–H groups in total. The van der Waals surface area contributed by atoms with Gasteiger partial charge in [-0.1, -0.05) is 60.7 Å². The number of aliphatic hydroxyl groups is 4. The third-order valence-corrected chi connectivity index (χ3v) is 4.90. The minimum Gasteiger partial charge on any atom is -0.359 e. The Kier molecular flexibility index (Phi) is 5.21. The number of fused-ring (bicyclic) bond motifs is 1. The van der Waals surface area contributed by atoms with Gasteiger partial charge >= 0.3 is 0 Å². The molecule has 2 heterocycles. The maximum absolute atomic E-state index is 10.5. The lowest BCUT2D eigenvalue weighted by molar-refractivity contribution is -0.504. The maximum Gasteiger partial charge on any atom is 0.274 e. The molecule has 28 heavy (non-hydrogen) atoms. The fourth-order valence-corrected chi connectivity index (χ4v) is 3.32. The molecule has 2 aliphatic heterocycles. The summed E-state index contributed by atoms with van der Waals surface area (Å²) in [5.41, 5.74) is 1.41. The molecule has 8 nitrogen and oxygen atoms in total. The van der Waals surface area contributed by atoms with Gasteiger partial charge in [-0.15, -0.1) is 0 Å². The first-order chi connectivity index (χ1) is 13.4. The van der Waals surface area contributed by atoms with Crippen LogP contribution < -0.4 is 0 Å². The van der Waals surface area contributed by atoms with Gasteiger partial charge in [0.1, 0.15) is 12.2 Å². The van der Waals surface area contributed by atoms with Crippen molar-refractivity contribution in [2.45, 2.75) is 43.0 Å². The van der Waals surface area contributed by atoms with E-state index in [2.05, 4.69) is 0 Å². The van der Waals surface area contributed by atoms with E-state index < -0.39 is 36.4 Å². The molecule has 0 radical (unpaired) electrons. The second-order valence-corrected chi connectivity index (χ2v) is 6.89. The highest BCUT2D eigenvalue weighted by Crippen LogP contribution is 2.42. The van der Waals surface area contributed by atoms with Crippen molar-refractivity contribution in [3.05, 3.63) is 71.8 Å². The monoisotopic (exact) mass is 390 g/mol. The third-order valence-electron chi connectivity index (χ3n) is 4.90. The number of ether oxygens (including phenoxy) is 4. The van der Waals surface area contributed by atoms with Crippen LogP contribution in [-0.4, -0.2) is 57.1 Å². The van der Waals surface area contributed by atoms with Crippen molar-refractivity contribution in [1.82, 2.24) is 0 Å². The normalized spacial score (nSPS) is 31.1. The average Bonchev–Trinajstić information content (AvgIpc) is 2.71. The lowest BCUT2D eigenvalue weighted by Gasteiger charge is -2.52.